The second-order valence-corrected chi connectivity index (χ2v) is 3.28. The quantitative estimate of drug-likeness (QED) is 0.820. The Morgan fingerprint density at radius 1 is 1.44 bits per heavy atom. The summed E-state index contributed by atoms with van der Waals surface area (Å²) in [6.07, 6.45) is 0.414. The van der Waals surface area contributed by atoms with Crippen LogP contribution in [0.5, 0.6) is 0 Å². The van der Waals surface area contributed by atoms with Crippen LogP contribution in [0.1, 0.15) is 16.2 Å². The number of halogens is 3. The molecule has 2 rings (SSSR count). The molecule has 0 unspecified atom stereocenters. The number of benzene rings is 1. The largest absolute Gasteiger partial charge is 0.336 e. The summed E-state index contributed by atoms with van der Waals surface area (Å²) in [7, 11) is 0. The van der Waals surface area contributed by atoms with E-state index in [0.717, 1.165) is 6.07 Å². The number of hydrogen-bond acceptors (Lipinski definition) is 2. The molecule has 0 aliphatic rings. The first-order chi connectivity index (χ1) is 7.58. The van der Waals surface area contributed by atoms with Crippen LogP contribution in [0.2, 0.25) is 0 Å². The van der Waals surface area contributed by atoms with Crippen LogP contribution in [0.4, 0.5) is 13.2 Å². The number of hydrogen-bond donors (Lipinski definition) is 1. The van der Waals surface area contributed by atoms with E-state index in [1.165, 1.54) is 12.1 Å². The van der Waals surface area contributed by atoms with Gasteiger partial charge in [-0.3, -0.25) is 4.79 Å². The predicted octanol–water partition coefficient (Wildman–Crippen LogP) is 2.44. The van der Waals surface area contributed by atoms with E-state index in [-0.39, 0.29) is 16.9 Å². The number of imidazole rings is 1. The van der Waals surface area contributed by atoms with Gasteiger partial charge in [-0.15, -0.1) is 0 Å². The summed E-state index contributed by atoms with van der Waals surface area (Å²) in [5, 5.41) is 0. The second-order valence-electron chi connectivity index (χ2n) is 3.28. The van der Waals surface area contributed by atoms with Crippen molar-refractivity contribution < 1.29 is 18.0 Å². The number of rotatable bonds is 3. The molecule has 0 saturated carbocycles. The number of H-pyrrole nitrogens is 1. The fraction of sp³-hybridized carbons (Fsp3) is 0.200. The summed E-state index contributed by atoms with van der Waals surface area (Å²) in [4.78, 5) is 16.7. The van der Waals surface area contributed by atoms with E-state index in [9.17, 15) is 18.0 Å². The van der Waals surface area contributed by atoms with Crippen LogP contribution in [0.3, 0.4) is 0 Å². The normalized spacial score (nSPS) is 11.9. The molecular formula is C10H7F3N2O. The molecule has 0 spiro atoms. The number of carbonyl (C=O) groups excluding carboxylic acids is 1. The van der Waals surface area contributed by atoms with E-state index < -0.39 is 18.2 Å². The molecule has 0 saturated heterocycles. The zero-order chi connectivity index (χ0) is 11.8. The van der Waals surface area contributed by atoms with E-state index in [4.69, 9.17) is 0 Å². The molecule has 1 aromatic carbocycles. The molecule has 0 aliphatic carbocycles. The standard InChI is InChI=1S/C10H7F3N2O/c11-5-10(12,13)6-2-1-3-7-9(6)15-8(4-16)14-7/h1-4H,5H2,(H,14,15). The molecule has 1 aromatic heterocycles. The van der Waals surface area contributed by atoms with Gasteiger partial charge in [-0.25, -0.2) is 9.37 Å². The molecule has 1 N–H and O–H groups in total. The van der Waals surface area contributed by atoms with Crippen LogP contribution >= 0.6 is 0 Å². The average molecular weight is 228 g/mol. The SMILES string of the molecule is O=Cc1nc2c(C(F)(F)CF)cccc2[nH]1. The molecule has 0 atom stereocenters. The van der Waals surface area contributed by atoms with Crippen LogP contribution in [-0.2, 0) is 5.92 Å². The Hall–Kier alpha value is -1.85. The van der Waals surface area contributed by atoms with E-state index in [2.05, 4.69) is 9.97 Å². The summed E-state index contributed by atoms with van der Waals surface area (Å²) >= 11 is 0. The highest BCUT2D eigenvalue weighted by Gasteiger charge is 2.34. The van der Waals surface area contributed by atoms with Crippen LogP contribution in [0.25, 0.3) is 11.0 Å². The number of aromatic nitrogens is 2. The lowest BCUT2D eigenvalue weighted by Gasteiger charge is -2.12. The smallest absolute Gasteiger partial charge is 0.303 e. The zero-order valence-electron chi connectivity index (χ0n) is 8.01. The minimum absolute atomic E-state index is 0.0582. The van der Waals surface area contributed by atoms with Crippen LogP contribution < -0.4 is 0 Å². The number of carbonyl (C=O) groups is 1. The Morgan fingerprint density at radius 3 is 2.81 bits per heavy atom. The van der Waals surface area contributed by atoms with Gasteiger partial charge in [0.2, 0.25) is 0 Å². The van der Waals surface area contributed by atoms with Crippen molar-refractivity contribution >= 4 is 17.3 Å². The maximum Gasteiger partial charge on any atom is 0.303 e. The lowest BCUT2D eigenvalue weighted by Crippen LogP contribution is -2.16. The molecule has 0 aliphatic heterocycles. The molecule has 6 heteroatoms. The molecular weight excluding hydrogens is 221 g/mol. The van der Waals surface area contributed by atoms with Crippen LogP contribution in [0.15, 0.2) is 18.2 Å². The highest BCUT2D eigenvalue weighted by atomic mass is 19.3. The van der Waals surface area contributed by atoms with Gasteiger partial charge in [-0.05, 0) is 6.07 Å². The highest BCUT2D eigenvalue weighted by Crippen LogP contribution is 2.32. The van der Waals surface area contributed by atoms with E-state index >= 15 is 0 Å². The van der Waals surface area contributed by atoms with Gasteiger partial charge >= 0.3 is 5.92 Å². The molecule has 2 aromatic rings. The molecule has 16 heavy (non-hydrogen) atoms. The third-order valence-electron chi connectivity index (χ3n) is 2.20. The molecule has 84 valence electrons. The number of fused-ring (bicyclic) bond motifs is 1. The Labute approximate surface area is 88.3 Å². The van der Waals surface area contributed by atoms with Gasteiger partial charge in [0.25, 0.3) is 0 Å². The lowest BCUT2D eigenvalue weighted by atomic mass is 10.1. The molecule has 3 nitrogen and oxygen atoms in total. The zero-order valence-corrected chi connectivity index (χ0v) is 8.01. The Kier molecular flexibility index (Phi) is 2.41. The maximum absolute atomic E-state index is 13.2. The third-order valence-corrected chi connectivity index (χ3v) is 2.20. The van der Waals surface area contributed by atoms with Gasteiger partial charge in [0.15, 0.2) is 18.8 Å². The number of alkyl halides is 3. The van der Waals surface area contributed by atoms with Crippen molar-refractivity contribution in [1.82, 2.24) is 9.97 Å². The third kappa shape index (κ3) is 1.56. The Bertz CT molecular complexity index is 536. The van der Waals surface area contributed by atoms with Crippen molar-refractivity contribution in [2.45, 2.75) is 5.92 Å². The topological polar surface area (TPSA) is 45.8 Å². The van der Waals surface area contributed by atoms with E-state index in [1.807, 2.05) is 0 Å². The van der Waals surface area contributed by atoms with Crippen LogP contribution in [-0.4, -0.2) is 22.9 Å². The molecule has 0 bridgehead atoms. The molecule has 0 amide bonds. The van der Waals surface area contributed by atoms with Crippen LogP contribution in [0, 0.1) is 0 Å². The minimum atomic E-state index is -3.59. The van der Waals surface area contributed by atoms with Gasteiger partial charge in [0.05, 0.1) is 16.6 Å². The van der Waals surface area contributed by atoms with E-state index in [0.29, 0.717) is 6.29 Å². The first kappa shape index (κ1) is 10.7. The van der Waals surface area contributed by atoms with Crippen molar-refractivity contribution in [1.29, 1.82) is 0 Å². The van der Waals surface area contributed by atoms with Gasteiger partial charge in [0.1, 0.15) is 0 Å². The number of nitrogens with one attached hydrogen (secondary N) is 1. The summed E-state index contributed by atoms with van der Waals surface area (Å²) in [5.74, 6) is -3.65. The Morgan fingerprint density at radius 2 is 2.19 bits per heavy atom. The van der Waals surface area contributed by atoms with Crippen molar-refractivity contribution in [3.05, 3.63) is 29.6 Å². The van der Waals surface area contributed by atoms with Crippen molar-refractivity contribution in [2.75, 3.05) is 6.67 Å². The number of aldehydes is 1. The first-order valence-electron chi connectivity index (χ1n) is 4.46. The number of nitrogens with zero attached hydrogens (tertiary/aromatic N) is 1. The van der Waals surface area contributed by atoms with Gasteiger partial charge in [0, 0.05) is 0 Å². The maximum atomic E-state index is 13.2. The van der Waals surface area contributed by atoms with Gasteiger partial charge < -0.3 is 4.98 Å². The fourth-order valence-electron chi connectivity index (χ4n) is 1.47. The molecule has 0 fully saturated rings. The number of aromatic amines is 1. The van der Waals surface area contributed by atoms with Crippen molar-refractivity contribution in [2.24, 2.45) is 0 Å². The van der Waals surface area contributed by atoms with Crippen molar-refractivity contribution in [3.63, 3.8) is 0 Å². The number of para-hydroxylation sites is 1. The lowest BCUT2D eigenvalue weighted by molar-refractivity contribution is -0.0268. The molecule has 1 heterocycles. The predicted molar refractivity (Wildman–Crippen MR) is 51.4 cm³/mol. The summed E-state index contributed by atoms with van der Waals surface area (Å²) in [5.41, 5.74) is -0.308. The first-order valence-corrected chi connectivity index (χ1v) is 4.46. The van der Waals surface area contributed by atoms with E-state index in [1.54, 1.807) is 0 Å². The van der Waals surface area contributed by atoms with Gasteiger partial charge in [-0.2, -0.15) is 8.78 Å². The Balaban J connectivity index is 2.70. The summed E-state index contributed by atoms with van der Waals surface area (Å²) in [6.45, 7) is -1.80. The summed E-state index contributed by atoms with van der Waals surface area (Å²) < 4.78 is 38.6. The fourth-order valence-corrected chi connectivity index (χ4v) is 1.47. The highest BCUT2D eigenvalue weighted by molar-refractivity contribution is 5.84. The monoisotopic (exact) mass is 228 g/mol. The molecule has 0 radical (unpaired) electrons. The second kappa shape index (κ2) is 3.62. The average Bonchev–Trinajstić information content (AvgIpc) is 2.71. The van der Waals surface area contributed by atoms with Gasteiger partial charge in [-0.1, -0.05) is 12.1 Å². The van der Waals surface area contributed by atoms with Crippen molar-refractivity contribution in [3.8, 4) is 0 Å². The summed E-state index contributed by atoms with van der Waals surface area (Å²) in [6, 6.07) is 3.94. The minimum Gasteiger partial charge on any atom is -0.336 e.